The van der Waals surface area contributed by atoms with Crippen molar-refractivity contribution in [2.24, 2.45) is 5.92 Å². The van der Waals surface area contributed by atoms with Crippen molar-refractivity contribution in [3.8, 4) is 11.5 Å². The molecular formula is C14H16Br2O4. The number of esters is 1. The molecule has 0 aliphatic carbocycles. The van der Waals surface area contributed by atoms with Crippen LogP contribution in [0.2, 0.25) is 0 Å². The smallest absolute Gasteiger partial charge is 0.309 e. The Morgan fingerprint density at radius 3 is 2.40 bits per heavy atom. The maximum Gasteiger partial charge on any atom is 0.309 e. The molecule has 0 amide bonds. The molecule has 1 aliphatic heterocycles. The van der Waals surface area contributed by atoms with Gasteiger partial charge in [0.25, 0.3) is 0 Å². The minimum Gasteiger partial charge on any atom is -0.456 e. The second kappa shape index (κ2) is 6.35. The first kappa shape index (κ1) is 15.6. The Hall–Kier alpha value is -0.750. The molecule has 0 unspecified atom stereocenters. The van der Waals surface area contributed by atoms with Crippen molar-refractivity contribution < 1.29 is 19.0 Å². The number of rotatable bonds is 4. The van der Waals surface area contributed by atoms with Gasteiger partial charge in [-0.05, 0) is 19.1 Å². The number of fused-ring (bicyclic) bond motifs is 1. The van der Waals surface area contributed by atoms with Crippen LogP contribution in [-0.4, -0.2) is 17.6 Å². The standard InChI is InChI=1S/C14H16Br2O4/c1-7(2)14(17)20-13(8(3)15)9-4-11-12(5-10(9)16)19-6-18-11/h4-5,7-8,13H,6H2,1-3H3/t8-,13+/m0/s1. The molecule has 20 heavy (non-hydrogen) atoms. The summed E-state index contributed by atoms with van der Waals surface area (Å²) in [6.45, 7) is 5.78. The fourth-order valence-corrected chi connectivity index (χ4v) is 2.76. The average Bonchev–Trinajstić information content (AvgIpc) is 2.81. The van der Waals surface area contributed by atoms with E-state index in [9.17, 15) is 4.79 Å². The highest BCUT2D eigenvalue weighted by molar-refractivity contribution is 9.10. The van der Waals surface area contributed by atoms with Crippen LogP contribution in [-0.2, 0) is 9.53 Å². The van der Waals surface area contributed by atoms with Crippen molar-refractivity contribution in [2.45, 2.75) is 31.7 Å². The number of alkyl halides is 1. The Balaban J connectivity index is 2.32. The van der Waals surface area contributed by atoms with Crippen LogP contribution in [0.15, 0.2) is 16.6 Å². The van der Waals surface area contributed by atoms with Crippen LogP contribution in [0.3, 0.4) is 0 Å². The number of benzene rings is 1. The molecule has 2 atom stereocenters. The lowest BCUT2D eigenvalue weighted by molar-refractivity contribution is -0.153. The van der Waals surface area contributed by atoms with Gasteiger partial charge in [0.2, 0.25) is 6.79 Å². The zero-order chi connectivity index (χ0) is 14.9. The molecular weight excluding hydrogens is 392 g/mol. The molecule has 1 aromatic carbocycles. The number of hydrogen-bond donors (Lipinski definition) is 0. The van der Waals surface area contributed by atoms with E-state index in [4.69, 9.17) is 14.2 Å². The normalized spacial score (nSPS) is 16.1. The maximum absolute atomic E-state index is 11.9. The van der Waals surface area contributed by atoms with E-state index in [0.717, 1.165) is 10.0 Å². The number of carbonyl (C=O) groups is 1. The van der Waals surface area contributed by atoms with Gasteiger partial charge < -0.3 is 14.2 Å². The van der Waals surface area contributed by atoms with Gasteiger partial charge in [0.05, 0.1) is 10.7 Å². The fraction of sp³-hybridized carbons (Fsp3) is 0.500. The third-order valence-electron chi connectivity index (χ3n) is 2.93. The number of hydrogen-bond acceptors (Lipinski definition) is 4. The lowest BCUT2D eigenvalue weighted by Crippen LogP contribution is -2.21. The van der Waals surface area contributed by atoms with Crippen molar-refractivity contribution in [1.82, 2.24) is 0 Å². The van der Waals surface area contributed by atoms with Crippen LogP contribution in [0.4, 0.5) is 0 Å². The van der Waals surface area contributed by atoms with E-state index in [1.54, 1.807) is 0 Å². The lowest BCUT2D eigenvalue weighted by Gasteiger charge is -2.23. The van der Waals surface area contributed by atoms with E-state index in [2.05, 4.69) is 31.9 Å². The number of ether oxygens (including phenoxy) is 3. The zero-order valence-corrected chi connectivity index (χ0v) is 14.7. The molecule has 0 N–H and O–H groups in total. The first-order valence-electron chi connectivity index (χ1n) is 6.33. The van der Waals surface area contributed by atoms with Crippen molar-refractivity contribution in [1.29, 1.82) is 0 Å². The number of carbonyl (C=O) groups excluding carboxylic acids is 1. The summed E-state index contributed by atoms with van der Waals surface area (Å²) in [6, 6.07) is 3.69. The Kier molecular flexibility index (Phi) is 4.96. The predicted octanol–water partition coefficient (Wildman–Crippen LogP) is 4.20. The second-order valence-corrected chi connectivity index (χ2v) is 7.22. The highest BCUT2D eigenvalue weighted by Crippen LogP contribution is 2.41. The molecule has 0 radical (unpaired) electrons. The molecule has 2 rings (SSSR count). The maximum atomic E-state index is 11.9. The van der Waals surface area contributed by atoms with E-state index >= 15 is 0 Å². The van der Waals surface area contributed by atoms with Crippen LogP contribution in [0.25, 0.3) is 0 Å². The molecule has 0 spiro atoms. The highest BCUT2D eigenvalue weighted by atomic mass is 79.9. The van der Waals surface area contributed by atoms with Gasteiger partial charge in [-0.25, -0.2) is 0 Å². The number of halogens is 2. The predicted molar refractivity (Wildman–Crippen MR) is 82.3 cm³/mol. The van der Waals surface area contributed by atoms with Crippen molar-refractivity contribution >= 4 is 37.8 Å². The zero-order valence-electron chi connectivity index (χ0n) is 11.5. The molecule has 0 fully saturated rings. The SMILES string of the molecule is CC(C)C(=O)O[C@@H](c1cc2c(cc1Br)OCO2)[C@H](C)Br. The first-order chi connectivity index (χ1) is 9.40. The highest BCUT2D eigenvalue weighted by Gasteiger charge is 2.28. The quantitative estimate of drug-likeness (QED) is 0.554. The minimum atomic E-state index is -0.395. The van der Waals surface area contributed by atoms with Gasteiger partial charge in [0.15, 0.2) is 11.5 Å². The van der Waals surface area contributed by atoms with Gasteiger partial charge in [-0.3, -0.25) is 4.79 Å². The summed E-state index contributed by atoms with van der Waals surface area (Å²) in [5.41, 5.74) is 0.854. The third kappa shape index (κ3) is 3.28. The van der Waals surface area contributed by atoms with E-state index in [1.807, 2.05) is 32.9 Å². The van der Waals surface area contributed by atoms with Crippen LogP contribution in [0, 0.1) is 5.92 Å². The summed E-state index contributed by atoms with van der Waals surface area (Å²) in [7, 11) is 0. The molecule has 4 nitrogen and oxygen atoms in total. The molecule has 1 heterocycles. The molecule has 0 aromatic heterocycles. The summed E-state index contributed by atoms with van der Waals surface area (Å²) in [5.74, 6) is 0.959. The Morgan fingerprint density at radius 2 is 1.85 bits per heavy atom. The Labute approximate surface area is 135 Å². The van der Waals surface area contributed by atoms with Crippen molar-refractivity contribution in [3.05, 3.63) is 22.2 Å². The van der Waals surface area contributed by atoms with Gasteiger partial charge in [0.1, 0.15) is 6.10 Å². The lowest BCUT2D eigenvalue weighted by atomic mass is 10.1. The van der Waals surface area contributed by atoms with Gasteiger partial charge >= 0.3 is 5.97 Å². The summed E-state index contributed by atoms with van der Waals surface area (Å²) in [4.78, 5) is 11.8. The van der Waals surface area contributed by atoms with Crippen LogP contribution in [0.1, 0.15) is 32.4 Å². The molecule has 0 saturated heterocycles. The van der Waals surface area contributed by atoms with E-state index in [1.165, 1.54) is 0 Å². The summed E-state index contributed by atoms with van der Waals surface area (Å²) >= 11 is 7.00. The van der Waals surface area contributed by atoms with E-state index in [0.29, 0.717) is 11.5 Å². The second-order valence-electron chi connectivity index (χ2n) is 4.92. The van der Waals surface area contributed by atoms with Crippen molar-refractivity contribution in [3.63, 3.8) is 0 Å². The van der Waals surface area contributed by atoms with Crippen LogP contribution >= 0.6 is 31.9 Å². The topological polar surface area (TPSA) is 44.8 Å². The molecule has 0 bridgehead atoms. The van der Waals surface area contributed by atoms with Gasteiger partial charge in [-0.15, -0.1) is 0 Å². The monoisotopic (exact) mass is 406 g/mol. The van der Waals surface area contributed by atoms with E-state index in [-0.39, 0.29) is 23.5 Å². The minimum absolute atomic E-state index is 0.0260. The Morgan fingerprint density at radius 1 is 1.25 bits per heavy atom. The Bertz CT molecular complexity index is 514. The fourth-order valence-electron chi connectivity index (χ4n) is 1.82. The van der Waals surface area contributed by atoms with Crippen LogP contribution < -0.4 is 9.47 Å². The van der Waals surface area contributed by atoms with Crippen LogP contribution in [0.5, 0.6) is 11.5 Å². The van der Waals surface area contributed by atoms with Gasteiger partial charge in [-0.1, -0.05) is 45.7 Å². The summed E-state index contributed by atoms with van der Waals surface area (Å²) < 4.78 is 17.1. The summed E-state index contributed by atoms with van der Waals surface area (Å²) in [6.07, 6.45) is -0.395. The van der Waals surface area contributed by atoms with Gasteiger partial charge in [0, 0.05) is 10.0 Å². The van der Waals surface area contributed by atoms with E-state index < -0.39 is 6.10 Å². The first-order valence-corrected chi connectivity index (χ1v) is 8.04. The molecule has 0 saturated carbocycles. The van der Waals surface area contributed by atoms with Gasteiger partial charge in [-0.2, -0.15) is 0 Å². The summed E-state index contributed by atoms with van der Waals surface area (Å²) in [5, 5.41) is 0. The molecule has 1 aliphatic rings. The average molecular weight is 408 g/mol. The third-order valence-corrected chi connectivity index (χ3v) is 4.10. The van der Waals surface area contributed by atoms with Crippen molar-refractivity contribution in [2.75, 3.05) is 6.79 Å². The largest absolute Gasteiger partial charge is 0.456 e. The molecule has 1 aromatic rings. The molecule has 6 heteroatoms. The molecule has 110 valence electrons.